The van der Waals surface area contributed by atoms with Crippen LogP contribution in [0, 0.1) is 6.92 Å². The zero-order chi connectivity index (χ0) is 19.0. The first-order valence-corrected chi connectivity index (χ1v) is 11.6. The molecule has 8 heteroatoms. The quantitative estimate of drug-likeness (QED) is 0.774. The molecule has 3 aliphatic rings. The highest BCUT2D eigenvalue weighted by Gasteiger charge is 2.38. The van der Waals surface area contributed by atoms with Crippen LogP contribution < -0.4 is 10.0 Å². The predicted molar refractivity (Wildman–Crippen MR) is 111 cm³/mol. The van der Waals surface area contributed by atoms with Crippen LogP contribution in [0.15, 0.2) is 23.1 Å². The van der Waals surface area contributed by atoms with Crippen molar-refractivity contribution in [1.29, 1.82) is 0 Å². The molecule has 1 saturated carbocycles. The predicted octanol–water partition coefficient (Wildman–Crippen LogP) is 2.60. The minimum atomic E-state index is -3.61. The Bertz CT molecular complexity index is 810. The summed E-state index contributed by atoms with van der Waals surface area (Å²) >= 11 is 0. The number of hydrogen-bond donors (Lipinski definition) is 2. The highest BCUT2D eigenvalue weighted by atomic mass is 35.5. The zero-order valence-electron chi connectivity index (χ0n) is 16.3. The second-order valence-electron chi connectivity index (χ2n) is 8.17. The topological polar surface area (TPSA) is 78.5 Å². The van der Waals surface area contributed by atoms with E-state index in [0.29, 0.717) is 11.1 Å². The number of amides is 1. The first kappa shape index (κ1) is 21.6. The molecule has 156 valence electrons. The van der Waals surface area contributed by atoms with Gasteiger partial charge in [0.25, 0.3) is 5.91 Å². The third kappa shape index (κ3) is 4.22. The Kier molecular flexibility index (Phi) is 6.69. The number of rotatable bonds is 4. The zero-order valence-corrected chi connectivity index (χ0v) is 17.9. The maximum absolute atomic E-state index is 13.2. The second-order valence-corrected chi connectivity index (χ2v) is 9.86. The van der Waals surface area contributed by atoms with Crippen molar-refractivity contribution >= 4 is 28.3 Å². The highest BCUT2D eigenvalue weighted by Crippen LogP contribution is 2.30. The van der Waals surface area contributed by atoms with Crippen LogP contribution in [-0.4, -0.2) is 50.4 Å². The molecule has 3 fully saturated rings. The van der Waals surface area contributed by atoms with Gasteiger partial charge in [-0.3, -0.25) is 4.79 Å². The third-order valence-corrected chi connectivity index (χ3v) is 7.95. The molecule has 2 unspecified atom stereocenters. The second kappa shape index (κ2) is 8.69. The third-order valence-electron chi connectivity index (χ3n) is 6.29. The minimum absolute atomic E-state index is 0. The lowest BCUT2D eigenvalue weighted by Gasteiger charge is -2.28. The van der Waals surface area contributed by atoms with Gasteiger partial charge in [-0.05, 0) is 63.3 Å². The van der Waals surface area contributed by atoms with Crippen LogP contribution in [0.2, 0.25) is 0 Å². The van der Waals surface area contributed by atoms with E-state index in [9.17, 15) is 13.2 Å². The molecule has 2 N–H and O–H groups in total. The normalized spacial score (nSPS) is 25.4. The summed E-state index contributed by atoms with van der Waals surface area (Å²) in [5, 5.41) is 3.40. The van der Waals surface area contributed by atoms with Gasteiger partial charge < -0.3 is 10.2 Å². The summed E-state index contributed by atoms with van der Waals surface area (Å²) in [5.41, 5.74) is 1.16. The number of aryl methyl sites for hydroxylation is 1. The Hall–Kier alpha value is -1.15. The summed E-state index contributed by atoms with van der Waals surface area (Å²) in [6.07, 6.45) is 6.93. The SMILES string of the molecule is Cc1ccc(C(=O)N2C3CCNCC2CC3)cc1S(=O)(=O)NC1CCCC1.Cl. The summed E-state index contributed by atoms with van der Waals surface area (Å²) < 4.78 is 28.7. The van der Waals surface area contributed by atoms with Gasteiger partial charge in [0.1, 0.15) is 0 Å². The Morgan fingerprint density at radius 2 is 1.82 bits per heavy atom. The molecule has 1 amide bonds. The fraction of sp³-hybridized carbons (Fsp3) is 0.650. The molecule has 2 atom stereocenters. The van der Waals surface area contributed by atoms with Crippen LogP contribution in [0.5, 0.6) is 0 Å². The van der Waals surface area contributed by atoms with Crippen molar-refractivity contribution in [2.24, 2.45) is 0 Å². The molecule has 2 aliphatic heterocycles. The van der Waals surface area contributed by atoms with Crippen molar-refractivity contribution in [1.82, 2.24) is 14.9 Å². The average Bonchev–Trinajstić information content (AvgIpc) is 3.20. The maximum Gasteiger partial charge on any atom is 0.254 e. The average molecular weight is 428 g/mol. The van der Waals surface area contributed by atoms with Gasteiger partial charge in [0, 0.05) is 30.2 Å². The molecule has 2 bridgehead atoms. The van der Waals surface area contributed by atoms with Crippen molar-refractivity contribution < 1.29 is 13.2 Å². The van der Waals surface area contributed by atoms with Gasteiger partial charge >= 0.3 is 0 Å². The summed E-state index contributed by atoms with van der Waals surface area (Å²) in [5.74, 6) is -0.0384. The van der Waals surface area contributed by atoms with Crippen LogP contribution in [0.25, 0.3) is 0 Å². The van der Waals surface area contributed by atoms with Crippen LogP contribution in [0.1, 0.15) is 60.9 Å². The monoisotopic (exact) mass is 427 g/mol. The minimum Gasteiger partial charge on any atom is -0.331 e. The van der Waals surface area contributed by atoms with E-state index >= 15 is 0 Å². The van der Waals surface area contributed by atoms with E-state index in [2.05, 4.69) is 10.0 Å². The maximum atomic E-state index is 13.2. The molecule has 1 aliphatic carbocycles. The van der Waals surface area contributed by atoms with Crippen LogP contribution >= 0.6 is 12.4 Å². The molecule has 6 nitrogen and oxygen atoms in total. The van der Waals surface area contributed by atoms with Gasteiger partial charge in [-0.2, -0.15) is 0 Å². The van der Waals surface area contributed by atoms with Crippen LogP contribution in [-0.2, 0) is 10.0 Å². The molecule has 0 spiro atoms. The standard InChI is InChI=1S/C20H29N3O3S.ClH/c1-14-6-7-15(12-19(14)27(25,26)22-16-4-2-3-5-16)20(24)23-17-8-9-18(23)13-21-11-10-17;/h6-7,12,16-18,21-22H,2-5,8-11,13H2,1H3;1H. The fourth-order valence-electron chi connectivity index (χ4n) is 4.81. The number of nitrogens with zero attached hydrogens (tertiary/aromatic N) is 1. The number of nitrogens with one attached hydrogen (secondary N) is 2. The Morgan fingerprint density at radius 3 is 2.57 bits per heavy atom. The Labute approximate surface area is 173 Å². The summed E-state index contributed by atoms with van der Waals surface area (Å²) in [6.45, 7) is 3.54. The molecule has 2 heterocycles. The van der Waals surface area contributed by atoms with Crippen LogP contribution in [0.4, 0.5) is 0 Å². The largest absolute Gasteiger partial charge is 0.331 e. The van der Waals surface area contributed by atoms with Gasteiger partial charge in [-0.25, -0.2) is 13.1 Å². The van der Waals surface area contributed by atoms with Crippen molar-refractivity contribution in [2.45, 2.75) is 74.9 Å². The van der Waals surface area contributed by atoms with E-state index in [1.54, 1.807) is 25.1 Å². The van der Waals surface area contributed by atoms with E-state index in [0.717, 1.165) is 58.0 Å². The van der Waals surface area contributed by atoms with Crippen molar-refractivity contribution in [3.63, 3.8) is 0 Å². The molecule has 1 aromatic carbocycles. The summed E-state index contributed by atoms with van der Waals surface area (Å²) in [7, 11) is -3.61. The van der Waals surface area contributed by atoms with Crippen molar-refractivity contribution in [3.05, 3.63) is 29.3 Å². The van der Waals surface area contributed by atoms with E-state index in [-0.39, 0.29) is 41.3 Å². The smallest absolute Gasteiger partial charge is 0.254 e. The van der Waals surface area contributed by atoms with Crippen molar-refractivity contribution in [2.75, 3.05) is 13.1 Å². The van der Waals surface area contributed by atoms with E-state index in [1.807, 2.05) is 4.90 Å². The lowest BCUT2D eigenvalue weighted by atomic mass is 10.1. The number of benzene rings is 1. The molecule has 0 aromatic heterocycles. The van der Waals surface area contributed by atoms with Crippen molar-refractivity contribution in [3.8, 4) is 0 Å². The first-order valence-electron chi connectivity index (χ1n) is 10.1. The number of hydrogen-bond acceptors (Lipinski definition) is 4. The first-order chi connectivity index (χ1) is 13.0. The van der Waals surface area contributed by atoms with Gasteiger partial charge in [-0.15, -0.1) is 12.4 Å². The van der Waals surface area contributed by atoms with Gasteiger partial charge in [0.05, 0.1) is 4.90 Å². The lowest BCUT2D eigenvalue weighted by Crippen LogP contribution is -2.42. The lowest BCUT2D eigenvalue weighted by molar-refractivity contribution is 0.0680. The summed E-state index contributed by atoms with van der Waals surface area (Å²) in [6, 6.07) is 5.59. The van der Waals surface area contributed by atoms with Gasteiger partial charge in [0.2, 0.25) is 10.0 Å². The fourth-order valence-corrected chi connectivity index (χ4v) is 6.39. The Morgan fingerprint density at radius 1 is 1.11 bits per heavy atom. The molecule has 28 heavy (non-hydrogen) atoms. The molecular formula is C20H30ClN3O3S. The van der Waals surface area contributed by atoms with Gasteiger partial charge in [-0.1, -0.05) is 18.9 Å². The molecule has 4 rings (SSSR count). The van der Waals surface area contributed by atoms with Crippen LogP contribution in [0.3, 0.4) is 0 Å². The molecular weight excluding hydrogens is 398 g/mol. The van der Waals surface area contributed by atoms with E-state index in [4.69, 9.17) is 0 Å². The molecule has 1 aromatic rings. The highest BCUT2D eigenvalue weighted by molar-refractivity contribution is 7.89. The number of halogens is 1. The Balaban J connectivity index is 0.00000225. The van der Waals surface area contributed by atoms with E-state index < -0.39 is 10.0 Å². The number of carbonyl (C=O) groups is 1. The number of sulfonamides is 1. The number of fused-ring (bicyclic) bond motifs is 2. The summed E-state index contributed by atoms with van der Waals surface area (Å²) in [4.78, 5) is 15.5. The molecule has 0 radical (unpaired) electrons. The van der Waals surface area contributed by atoms with Gasteiger partial charge in [0.15, 0.2) is 0 Å². The van der Waals surface area contributed by atoms with E-state index in [1.165, 1.54) is 0 Å². The number of carbonyl (C=O) groups excluding carboxylic acids is 1. The molecule has 2 saturated heterocycles.